The second-order valence-corrected chi connectivity index (χ2v) is 8.41. The van der Waals surface area contributed by atoms with E-state index in [-0.39, 0.29) is 18.0 Å². The lowest BCUT2D eigenvalue weighted by Gasteiger charge is -2.50. The lowest BCUT2D eigenvalue weighted by Crippen LogP contribution is -2.65. The third-order valence-electron chi connectivity index (χ3n) is 6.17. The molecule has 0 aromatic heterocycles. The van der Waals surface area contributed by atoms with Crippen LogP contribution >= 0.6 is 0 Å². The molecule has 2 atom stereocenters. The van der Waals surface area contributed by atoms with E-state index in [4.69, 9.17) is 4.74 Å². The molecular formula is C26H25N3O3. The maximum absolute atomic E-state index is 13.1. The number of carbonyl (C=O) groups excluding carboxylic acids is 2. The molecule has 2 N–H and O–H groups in total. The van der Waals surface area contributed by atoms with Crippen molar-refractivity contribution in [2.75, 3.05) is 10.2 Å². The Morgan fingerprint density at radius 2 is 1.91 bits per heavy atom. The fraction of sp³-hybridized carbons (Fsp3) is 0.231. The fourth-order valence-corrected chi connectivity index (χ4v) is 4.53. The van der Waals surface area contributed by atoms with Crippen LogP contribution in [-0.4, -0.2) is 17.7 Å². The monoisotopic (exact) mass is 427 g/mol. The third-order valence-corrected chi connectivity index (χ3v) is 6.17. The number of para-hydroxylation sites is 1. The SMILES string of the molecule is CCc1ccc(NC(=O)c2cccc(N3C(=O)NC4CC3(C)Oc3ccccc34)c2)cc1. The van der Waals surface area contributed by atoms with Gasteiger partial charge in [-0.3, -0.25) is 9.69 Å². The van der Waals surface area contributed by atoms with Crippen molar-refractivity contribution in [1.82, 2.24) is 5.32 Å². The van der Waals surface area contributed by atoms with Crippen molar-refractivity contribution < 1.29 is 14.3 Å². The molecule has 3 aromatic carbocycles. The summed E-state index contributed by atoms with van der Waals surface area (Å²) in [6.07, 6.45) is 1.55. The number of aryl methyl sites for hydroxylation is 1. The van der Waals surface area contributed by atoms with E-state index < -0.39 is 5.72 Å². The molecule has 0 radical (unpaired) electrons. The molecule has 1 fully saturated rings. The Hall–Kier alpha value is -3.80. The normalized spacial score (nSPS) is 21.2. The van der Waals surface area contributed by atoms with Crippen LogP contribution in [-0.2, 0) is 6.42 Å². The number of hydrogen-bond acceptors (Lipinski definition) is 3. The van der Waals surface area contributed by atoms with E-state index in [0.717, 1.165) is 23.4 Å². The van der Waals surface area contributed by atoms with E-state index in [0.29, 0.717) is 17.7 Å². The molecule has 6 heteroatoms. The molecule has 6 nitrogen and oxygen atoms in total. The molecule has 0 aliphatic carbocycles. The highest BCUT2D eigenvalue weighted by atomic mass is 16.5. The molecule has 3 aromatic rings. The van der Waals surface area contributed by atoms with Crippen LogP contribution < -0.4 is 20.3 Å². The minimum Gasteiger partial charge on any atom is -0.467 e. The minimum absolute atomic E-state index is 0.105. The van der Waals surface area contributed by atoms with Crippen LogP contribution in [0.2, 0.25) is 0 Å². The van der Waals surface area contributed by atoms with E-state index in [1.54, 1.807) is 23.1 Å². The van der Waals surface area contributed by atoms with E-state index in [1.165, 1.54) is 5.56 Å². The Labute approximate surface area is 187 Å². The number of amides is 3. The Morgan fingerprint density at radius 1 is 1.12 bits per heavy atom. The number of hydrogen-bond donors (Lipinski definition) is 2. The van der Waals surface area contributed by atoms with Crippen molar-refractivity contribution in [3.05, 3.63) is 89.5 Å². The van der Waals surface area contributed by atoms with Gasteiger partial charge in [-0.2, -0.15) is 0 Å². The molecule has 2 heterocycles. The maximum atomic E-state index is 13.1. The molecule has 32 heavy (non-hydrogen) atoms. The molecular weight excluding hydrogens is 402 g/mol. The summed E-state index contributed by atoms with van der Waals surface area (Å²) in [5.41, 5.74) is 3.15. The summed E-state index contributed by atoms with van der Waals surface area (Å²) in [5.74, 6) is 0.534. The van der Waals surface area contributed by atoms with E-state index in [9.17, 15) is 9.59 Å². The summed E-state index contributed by atoms with van der Waals surface area (Å²) in [5, 5.41) is 6.01. The van der Waals surface area contributed by atoms with Gasteiger partial charge < -0.3 is 15.4 Å². The summed E-state index contributed by atoms with van der Waals surface area (Å²) in [4.78, 5) is 27.6. The predicted octanol–water partition coefficient (Wildman–Crippen LogP) is 5.27. The Kier molecular flexibility index (Phi) is 4.85. The van der Waals surface area contributed by atoms with Crippen LogP contribution in [0.5, 0.6) is 5.75 Å². The molecule has 0 saturated carbocycles. The summed E-state index contributed by atoms with van der Waals surface area (Å²) in [7, 11) is 0. The molecule has 5 rings (SSSR count). The zero-order valence-corrected chi connectivity index (χ0v) is 18.1. The number of rotatable bonds is 4. The van der Waals surface area contributed by atoms with Gasteiger partial charge in [-0.05, 0) is 55.3 Å². The molecule has 2 bridgehead atoms. The van der Waals surface area contributed by atoms with Gasteiger partial charge in [-0.15, -0.1) is 0 Å². The summed E-state index contributed by atoms with van der Waals surface area (Å²) >= 11 is 0. The molecule has 2 unspecified atom stereocenters. The highest BCUT2D eigenvalue weighted by molar-refractivity contribution is 6.05. The van der Waals surface area contributed by atoms with Gasteiger partial charge in [-0.1, -0.05) is 43.3 Å². The Morgan fingerprint density at radius 3 is 2.69 bits per heavy atom. The number of carbonyl (C=O) groups is 2. The minimum atomic E-state index is -0.855. The van der Waals surface area contributed by atoms with Crippen LogP contribution in [0, 0.1) is 0 Å². The number of nitrogens with zero attached hydrogens (tertiary/aromatic N) is 1. The average molecular weight is 428 g/mol. The van der Waals surface area contributed by atoms with Crippen molar-refractivity contribution in [2.24, 2.45) is 0 Å². The van der Waals surface area contributed by atoms with Crippen molar-refractivity contribution in [3.8, 4) is 5.75 Å². The van der Waals surface area contributed by atoms with Crippen molar-refractivity contribution >= 4 is 23.3 Å². The second kappa shape index (κ2) is 7.71. The van der Waals surface area contributed by atoms with Gasteiger partial charge in [-0.25, -0.2) is 4.79 Å². The zero-order valence-electron chi connectivity index (χ0n) is 18.1. The number of anilines is 2. The smallest absolute Gasteiger partial charge is 0.325 e. The first-order chi connectivity index (χ1) is 15.5. The van der Waals surface area contributed by atoms with E-state index in [1.807, 2.05) is 61.5 Å². The Bertz CT molecular complexity index is 1190. The number of fused-ring (bicyclic) bond motifs is 4. The first-order valence-electron chi connectivity index (χ1n) is 10.9. The predicted molar refractivity (Wildman–Crippen MR) is 124 cm³/mol. The van der Waals surface area contributed by atoms with Gasteiger partial charge in [0.05, 0.1) is 11.7 Å². The highest BCUT2D eigenvalue weighted by Gasteiger charge is 2.49. The molecule has 3 amide bonds. The van der Waals surface area contributed by atoms with Crippen LogP contribution in [0.15, 0.2) is 72.8 Å². The van der Waals surface area contributed by atoms with Gasteiger partial charge in [0.1, 0.15) is 5.75 Å². The van der Waals surface area contributed by atoms with Crippen LogP contribution in [0.3, 0.4) is 0 Å². The standard InChI is InChI=1S/C26H25N3O3/c1-3-17-11-13-19(14-12-17)27-24(30)18-7-6-8-20(15-18)29-25(31)28-22-16-26(29,2)32-23-10-5-4-9-21(22)23/h4-15,22H,3,16H2,1-2H3,(H,27,30)(H,28,31). The van der Waals surface area contributed by atoms with E-state index in [2.05, 4.69) is 17.6 Å². The van der Waals surface area contributed by atoms with Crippen LogP contribution in [0.1, 0.15) is 47.8 Å². The highest BCUT2D eigenvalue weighted by Crippen LogP contribution is 2.45. The van der Waals surface area contributed by atoms with Crippen LogP contribution in [0.25, 0.3) is 0 Å². The fourth-order valence-electron chi connectivity index (χ4n) is 4.53. The lowest BCUT2D eigenvalue weighted by atomic mass is 9.90. The zero-order chi connectivity index (χ0) is 22.3. The van der Waals surface area contributed by atoms with Gasteiger partial charge in [0.2, 0.25) is 0 Å². The molecule has 162 valence electrons. The summed E-state index contributed by atoms with van der Waals surface area (Å²) in [6.45, 7) is 4.00. The number of nitrogens with one attached hydrogen (secondary N) is 2. The first-order valence-corrected chi connectivity index (χ1v) is 10.9. The maximum Gasteiger partial charge on any atom is 0.325 e. The largest absolute Gasteiger partial charge is 0.467 e. The summed E-state index contributed by atoms with van der Waals surface area (Å²) in [6, 6.07) is 22.3. The lowest BCUT2D eigenvalue weighted by molar-refractivity contribution is 0.0378. The van der Waals surface area contributed by atoms with Gasteiger partial charge in [0.25, 0.3) is 5.91 Å². The van der Waals surface area contributed by atoms with Crippen molar-refractivity contribution in [2.45, 2.75) is 38.5 Å². The molecule has 2 aliphatic rings. The van der Waals surface area contributed by atoms with Gasteiger partial charge >= 0.3 is 6.03 Å². The Balaban J connectivity index is 1.42. The van der Waals surface area contributed by atoms with Crippen molar-refractivity contribution in [3.63, 3.8) is 0 Å². The first kappa shape index (κ1) is 20.1. The van der Waals surface area contributed by atoms with Gasteiger partial charge in [0.15, 0.2) is 5.72 Å². The average Bonchev–Trinajstić information content (AvgIpc) is 2.79. The third kappa shape index (κ3) is 3.47. The molecule has 0 spiro atoms. The molecule has 2 aliphatic heterocycles. The second-order valence-electron chi connectivity index (χ2n) is 8.41. The number of benzene rings is 3. The quantitative estimate of drug-likeness (QED) is 0.596. The van der Waals surface area contributed by atoms with Gasteiger partial charge in [0, 0.05) is 23.2 Å². The summed E-state index contributed by atoms with van der Waals surface area (Å²) < 4.78 is 6.31. The van der Waals surface area contributed by atoms with E-state index >= 15 is 0 Å². The number of urea groups is 1. The number of ether oxygens (including phenoxy) is 1. The molecule has 1 saturated heterocycles. The van der Waals surface area contributed by atoms with Crippen LogP contribution in [0.4, 0.5) is 16.2 Å². The van der Waals surface area contributed by atoms with Crippen molar-refractivity contribution in [1.29, 1.82) is 0 Å². The topological polar surface area (TPSA) is 70.7 Å².